The number of nitrogens with zero attached hydrogens (tertiary/aromatic N) is 1. The number of anilines is 1. The molecule has 0 aliphatic rings. The molecule has 1 aromatic heterocycles. The molecule has 1 amide bonds. The number of hydrogen-bond acceptors (Lipinski definition) is 4. The molecule has 218 valence electrons. The van der Waals surface area contributed by atoms with Crippen molar-refractivity contribution in [2.24, 2.45) is 0 Å². The number of alkyl halides is 3. The first-order chi connectivity index (χ1) is 19.1. The van der Waals surface area contributed by atoms with Crippen molar-refractivity contribution < 1.29 is 26.4 Å². The van der Waals surface area contributed by atoms with E-state index in [2.05, 4.69) is 15.0 Å². The number of carbonyl (C=O) groups excluding carboxylic acids is 1. The highest BCUT2D eigenvalue weighted by atomic mass is 32.2. The number of likely N-dealkylation sites (N-methyl/N-ethyl adjacent to an activating group) is 1. The zero-order valence-corrected chi connectivity index (χ0v) is 24.3. The summed E-state index contributed by atoms with van der Waals surface area (Å²) in [5.41, 5.74) is 1.12. The van der Waals surface area contributed by atoms with Crippen LogP contribution in [0.2, 0.25) is 0 Å². The minimum atomic E-state index is -4.58. The van der Waals surface area contributed by atoms with E-state index in [0.717, 1.165) is 17.7 Å². The van der Waals surface area contributed by atoms with Crippen molar-refractivity contribution in [2.75, 3.05) is 31.9 Å². The second-order valence-corrected chi connectivity index (χ2v) is 12.8. The Labute approximate surface area is 237 Å². The quantitative estimate of drug-likeness (QED) is 0.228. The van der Waals surface area contributed by atoms with Crippen molar-refractivity contribution >= 4 is 32.5 Å². The topological polar surface area (TPSA) is 94.3 Å². The predicted molar refractivity (Wildman–Crippen MR) is 156 cm³/mol. The van der Waals surface area contributed by atoms with Crippen molar-refractivity contribution in [3.05, 3.63) is 83.6 Å². The van der Waals surface area contributed by atoms with Crippen LogP contribution < -0.4 is 10.0 Å². The molecule has 0 saturated heterocycles. The zero-order valence-electron chi connectivity index (χ0n) is 23.5. The molecular weight excluding hydrogens is 553 g/mol. The average molecular weight is 587 g/mol. The van der Waals surface area contributed by atoms with E-state index in [4.69, 9.17) is 0 Å². The van der Waals surface area contributed by atoms with E-state index in [1.807, 2.05) is 39.8 Å². The number of hydrogen-bond donors (Lipinski definition) is 3. The van der Waals surface area contributed by atoms with E-state index in [1.54, 1.807) is 18.2 Å². The Hall–Kier alpha value is -3.83. The number of benzene rings is 3. The van der Waals surface area contributed by atoms with Crippen molar-refractivity contribution in [3.8, 4) is 11.1 Å². The second-order valence-electron chi connectivity index (χ2n) is 11.2. The maximum absolute atomic E-state index is 13.6. The van der Waals surface area contributed by atoms with Crippen LogP contribution in [0.1, 0.15) is 42.4 Å². The van der Waals surface area contributed by atoms with Crippen LogP contribution in [0.4, 0.5) is 18.9 Å². The number of aromatic amines is 1. The number of sulfonamides is 1. The number of H-pyrrole nitrogens is 1. The molecule has 0 spiro atoms. The molecule has 0 aliphatic heterocycles. The SMILES string of the molecule is CN(C)CCNC(=O)c1[nH]c2ccc(NS(=O)(=O)c3ccc(C(C)(C)C)cc3)cc2c1-c1cccc(C(F)(F)F)c1. The molecule has 4 rings (SSSR count). The van der Waals surface area contributed by atoms with E-state index >= 15 is 0 Å². The minimum Gasteiger partial charge on any atom is -0.350 e. The van der Waals surface area contributed by atoms with Crippen LogP contribution >= 0.6 is 0 Å². The molecule has 0 fully saturated rings. The Kier molecular flexibility index (Phi) is 8.24. The van der Waals surface area contributed by atoms with Crippen molar-refractivity contribution in [2.45, 2.75) is 37.3 Å². The van der Waals surface area contributed by atoms with Gasteiger partial charge in [0, 0.05) is 35.2 Å². The van der Waals surface area contributed by atoms with Crippen LogP contribution in [0, 0.1) is 0 Å². The highest BCUT2D eigenvalue weighted by Crippen LogP contribution is 2.38. The lowest BCUT2D eigenvalue weighted by Gasteiger charge is -2.19. The number of aromatic nitrogens is 1. The summed E-state index contributed by atoms with van der Waals surface area (Å²) in [6.45, 7) is 6.97. The lowest BCUT2D eigenvalue weighted by Crippen LogP contribution is -2.31. The molecule has 0 bridgehead atoms. The molecule has 3 N–H and O–H groups in total. The summed E-state index contributed by atoms with van der Waals surface area (Å²) in [6, 6.07) is 15.9. The molecule has 0 saturated carbocycles. The molecule has 41 heavy (non-hydrogen) atoms. The van der Waals surface area contributed by atoms with Gasteiger partial charge >= 0.3 is 6.18 Å². The van der Waals surface area contributed by atoms with Crippen LogP contribution in [-0.2, 0) is 21.6 Å². The molecule has 7 nitrogen and oxygen atoms in total. The number of nitrogens with one attached hydrogen (secondary N) is 3. The fraction of sp³-hybridized carbons (Fsp3) is 0.300. The molecular formula is C30H33F3N4O3S. The van der Waals surface area contributed by atoms with Gasteiger partial charge in [-0.25, -0.2) is 8.42 Å². The third kappa shape index (κ3) is 6.91. The van der Waals surface area contributed by atoms with Gasteiger partial charge in [0.25, 0.3) is 15.9 Å². The normalized spacial score (nSPS) is 12.6. The fourth-order valence-electron chi connectivity index (χ4n) is 4.41. The standard InChI is InChI=1S/C30H33F3N4O3S/c1-29(2,3)20-9-12-23(13-10-20)41(39,40)36-22-11-14-25-24(18-22)26(19-7-6-8-21(17-19)30(31,32)33)27(35-25)28(38)34-15-16-37(4)5/h6-14,17-18,35-36H,15-16H2,1-5H3,(H,34,38). The van der Waals surface area contributed by atoms with Gasteiger partial charge in [-0.05, 0) is 73.1 Å². The molecule has 1 heterocycles. The first kappa shape index (κ1) is 30.1. The molecule has 4 aromatic rings. The third-order valence-corrected chi connectivity index (χ3v) is 8.03. The van der Waals surface area contributed by atoms with Crippen molar-refractivity contribution in [1.29, 1.82) is 0 Å². The van der Waals surface area contributed by atoms with Gasteiger partial charge in [-0.2, -0.15) is 13.2 Å². The van der Waals surface area contributed by atoms with Gasteiger partial charge in [0.2, 0.25) is 0 Å². The fourth-order valence-corrected chi connectivity index (χ4v) is 5.46. The molecule has 0 atom stereocenters. The van der Waals surface area contributed by atoms with Crippen LogP contribution in [0.3, 0.4) is 0 Å². The summed E-state index contributed by atoms with van der Waals surface area (Å²) in [5.74, 6) is -0.489. The molecule has 0 unspecified atom stereocenters. The van der Waals surface area contributed by atoms with Gasteiger partial charge < -0.3 is 15.2 Å². The summed E-state index contributed by atoms with van der Waals surface area (Å²) in [5, 5.41) is 3.18. The van der Waals surface area contributed by atoms with Crippen LogP contribution in [0.5, 0.6) is 0 Å². The van der Waals surface area contributed by atoms with E-state index < -0.39 is 27.7 Å². The van der Waals surface area contributed by atoms with Gasteiger partial charge in [-0.15, -0.1) is 0 Å². The smallest absolute Gasteiger partial charge is 0.350 e. The number of rotatable bonds is 8. The maximum atomic E-state index is 13.6. The number of halogens is 3. The Bertz CT molecular complexity index is 1670. The summed E-state index contributed by atoms with van der Waals surface area (Å²) in [4.78, 5) is 18.1. The average Bonchev–Trinajstić information content (AvgIpc) is 3.26. The molecule has 3 aromatic carbocycles. The van der Waals surface area contributed by atoms with Crippen LogP contribution in [-0.4, -0.2) is 51.4 Å². The van der Waals surface area contributed by atoms with Crippen molar-refractivity contribution in [1.82, 2.24) is 15.2 Å². The summed E-state index contributed by atoms with van der Waals surface area (Å²) in [6.07, 6.45) is -4.58. The third-order valence-electron chi connectivity index (χ3n) is 6.63. The van der Waals surface area contributed by atoms with Gasteiger partial charge in [-0.3, -0.25) is 9.52 Å². The number of amides is 1. The number of fused-ring (bicyclic) bond motifs is 1. The molecule has 0 radical (unpaired) electrons. The van der Waals surface area contributed by atoms with Crippen LogP contribution in [0.15, 0.2) is 71.6 Å². The monoisotopic (exact) mass is 586 g/mol. The summed E-state index contributed by atoms with van der Waals surface area (Å²) < 4.78 is 69.6. The molecule has 0 aliphatic carbocycles. The zero-order chi connectivity index (χ0) is 30.2. The number of carbonyl (C=O) groups is 1. The van der Waals surface area contributed by atoms with E-state index in [9.17, 15) is 26.4 Å². The Balaban J connectivity index is 1.78. The second kappa shape index (κ2) is 11.2. The predicted octanol–water partition coefficient (Wildman–Crippen LogP) is 6.24. The van der Waals surface area contributed by atoms with Gasteiger partial charge in [0.1, 0.15) is 5.69 Å². The first-order valence-electron chi connectivity index (χ1n) is 13.0. The lowest BCUT2D eigenvalue weighted by molar-refractivity contribution is -0.137. The highest BCUT2D eigenvalue weighted by Gasteiger charge is 2.31. The maximum Gasteiger partial charge on any atom is 0.416 e. The van der Waals surface area contributed by atoms with Gasteiger partial charge in [-0.1, -0.05) is 45.0 Å². The van der Waals surface area contributed by atoms with E-state index in [1.165, 1.54) is 36.4 Å². The van der Waals surface area contributed by atoms with Crippen LogP contribution in [0.25, 0.3) is 22.0 Å². The first-order valence-corrected chi connectivity index (χ1v) is 14.4. The summed E-state index contributed by atoms with van der Waals surface area (Å²) in [7, 11) is -0.267. The molecule has 11 heteroatoms. The Morgan fingerprint density at radius 2 is 1.61 bits per heavy atom. The Morgan fingerprint density at radius 3 is 2.22 bits per heavy atom. The summed E-state index contributed by atoms with van der Waals surface area (Å²) >= 11 is 0. The Morgan fingerprint density at radius 1 is 0.927 bits per heavy atom. The van der Waals surface area contributed by atoms with Crippen molar-refractivity contribution in [3.63, 3.8) is 0 Å². The van der Waals surface area contributed by atoms with Gasteiger partial charge in [0.05, 0.1) is 10.5 Å². The van der Waals surface area contributed by atoms with E-state index in [-0.39, 0.29) is 32.8 Å². The largest absolute Gasteiger partial charge is 0.416 e. The highest BCUT2D eigenvalue weighted by molar-refractivity contribution is 7.92. The van der Waals surface area contributed by atoms with Gasteiger partial charge in [0.15, 0.2) is 0 Å². The van der Waals surface area contributed by atoms with E-state index in [0.29, 0.717) is 24.0 Å². The lowest BCUT2D eigenvalue weighted by atomic mass is 9.87. The minimum absolute atomic E-state index is 0.0683.